The number of ether oxygens (including phenoxy) is 1. The first-order valence-electron chi connectivity index (χ1n) is 6.17. The van der Waals surface area contributed by atoms with Gasteiger partial charge in [0.1, 0.15) is 4.90 Å². The van der Waals surface area contributed by atoms with Crippen molar-refractivity contribution in [2.45, 2.75) is 24.2 Å². The fraction of sp³-hybridized carbons (Fsp3) is 0.462. The average molecular weight is 311 g/mol. The quantitative estimate of drug-likeness (QED) is 0.741. The van der Waals surface area contributed by atoms with Gasteiger partial charge in [-0.25, -0.2) is 17.5 Å². The Morgan fingerprint density at radius 1 is 1.48 bits per heavy atom. The molecule has 114 valence electrons. The smallest absolute Gasteiger partial charge is 0.332 e. The van der Waals surface area contributed by atoms with Crippen LogP contribution in [0.5, 0.6) is 0 Å². The number of carbonyl (C=O) groups excluding carboxylic acids is 1. The third-order valence-electron chi connectivity index (χ3n) is 2.93. The molecule has 0 aliphatic heterocycles. The molecule has 1 unspecified atom stereocenters. The molecule has 0 spiro atoms. The number of rotatable bonds is 5. The Kier molecular flexibility index (Phi) is 5.04. The number of carbonyl (C=O) groups is 1. The van der Waals surface area contributed by atoms with E-state index in [-0.39, 0.29) is 17.2 Å². The molecule has 0 saturated carbocycles. The standard InChI is InChI=1S/C13H17N3O4S/c1-5-20-12(17)13(2,9-14)11-7-6-10(8-15-11)21(18,19)16(3)4/h6-8H,5H2,1-4H3. The molecule has 0 aromatic carbocycles. The van der Waals surface area contributed by atoms with Gasteiger partial charge in [0.25, 0.3) is 0 Å². The van der Waals surface area contributed by atoms with Crippen molar-refractivity contribution < 1.29 is 17.9 Å². The predicted octanol–water partition coefficient (Wildman–Crippen LogP) is 0.676. The first-order valence-corrected chi connectivity index (χ1v) is 7.61. The molecule has 0 bridgehead atoms. The van der Waals surface area contributed by atoms with Crippen molar-refractivity contribution in [3.63, 3.8) is 0 Å². The van der Waals surface area contributed by atoms with Crippen LogP contribution >= 0.6 is 0 Å². The molecule has 0 fully saturated rings. The Morgan fingerprint density at radius 2 is 2.10 bits per heavy atom. The van der Waals surface area contributed by atoms with Crippen LogP contribution in [0.15, 0.2) is 23.2 Å². The van der Waals surface area contributed by atoms with E-state index in [4.69, 9.17) is 4.74 Å². The molecule has 0 aliphatic carbocycles. The number of esters is 1. The van der Waals surface area contributed by atoms with Crippen LogP contribution in [0.1, 0.15) is 19.5 Å². The Bertz CT molecular complexity index is 662. The molecular weight excluding hydrogens is 294 g/mol. The van der Waals surface area contributed by atoms with Crippen molar-refractivity contribution in [2.24, 2.45) is 0 Å². The number of pyridine rings is 1. The van der Waals surface area contributed by atoms with Crippen molar-refractivity contribution in [1.29, 1.82) is 5.26 Å². The molecule has 7 nitrogen and oxygen atoms in total. The van der Waals surface area contributed by atoms with Gasteiger partial charge in [-0.05, 0) is 26.0 Å². The lowest BCUT2D eigenvalue weighted by Gasteiger charge is -2.19. The first kappa shape index (κ1) is 17.1. The summed E-state index contributed by atoms with van der Waals surface area (Å²) in [5, 5.41) is 9.24. The summed E-state index contributed by atoms with van der Waals surface area (Å²) in [4.78, 5) is 15.8. The minimum atomic E-state index is -3.60. The highest BCUT2D eigenvalue weighted by Crippen LogP contribution is 2.24. The molecular formula is C13H17N3O4S. The second-order valence-electron chi connectivity index (χ2n) is 4.62. The average Bonchev–Trinajstić information content (AvgIpc) is 2.46. The van der Waals surface area contributed by atoms with Crippen LogP contribution < -0.4 is 0 Å². The number of sulfonamides is 1. The van der Waals surface area contributed by atoms with Crippen LogP contribution in [0.4, 0.5) is 0 Å². The molecule has 1 aromatic heterocycles. The van der Waals surface area contributed by atoms with E-state index in [0.29, 0.717) is 0 Å². The fourth-order valence-corrected chi connectivity index (χ4v) is 2.37. The van der Waals surface area contributed by atoms with Gasteiger partial charge in [-0.15, -0.1) is 0 Å². The zero-order valence-corrected chi connectivity index (χ0v) is 13.1. The molecule has 0 aliphatic rings. The van der Waals surface area contributed by atoms with Gasteiger partial charge in [-0.1, -0.05) is 0 Å². The van der Waals surface area contributed by atoms with Gasteiger partial charge in [0.15, 0.2) is 5.41 Å². The molecule has 0 saturated heterocycles. The molecule has 0 N–H and O–H groups in total. The molecule has 0 amide bonds. The van der Waals surface area contributed by atoms with E-state index >= 15 is 0 Å². The minimum absolute atomic E-state index is 0.0135. The van der Waals surface area contributed by atoms with E-state index in [1.165, 1.54) is 33.2 Å². The lowest BCUT2D eigenvalue weighted by Crippen LogP contribution is -2.34. The van der Waals surface area contributed by atoms with Gasteiger partial charge in [0.05, 0.1) is 18.4 Å². The second kappa shape index (κ2) is 6.20. The monoisotopic (exact) mass is 311 g/mol. The lowest BCUT2D eigenvalue weighted by atomic mass is 9.88. The van der Waals surface area contributed by atoms with E-state index in [1.807, 2.05) is 6.07 Å². The maximum atomic E-state index is 11.9. The highest BCUT2D eigenvalue weighted by Gasteiger charge is 2.39. The van der Waals surface area contributed by atoms with Gasteiger partial charge in [0, 0.05) is 20.3 Å². The summed E-state index contributed by atoms with van der Waals surface area (Å²) >= 11 is 0. The fourth-order valence-electron chi connectivity index (χ4n) is 1.52. The van der Waals surface area contributed by atoms with Gasteiger partial charge < -0.3 is 4.74 Å². The molecule has 21 heavy (non-hydrogen) atoms. The Hall–Kier alpha value is -1.98. The zero-order valence-electron chi connectivity index (χ0n) is 12.3. The maximum absolute atomic E-state index is 11.9. The van der Waals surface area contributed by atoms with E-state index in [9.17, 15) is 18.5 Å². The van der Waals surface area contributed by atoms with Crippen molar-refractivity contribution in [3.05, 3.63) is 24.0 Å². The highest BCUT2D eigenvalue weighted by atomic mass is 32.2. The Balaban J connectivity index is 3.24. The summed E-state index contributed by atoms with van der Waals surface area (Å²) in [5.74, 6) is -0.719. The third kappa shape index (κ3) is 3.20. The van der Waals surface area contributed by atoms with Crippen molar-refractivity contribution in [2.75, 3.05) is 20.7 Å². The molecule has 8 heteroatoms. The van der Waals surface area contributed by atoms with Crippen molar-refractivity contribution in [3.8, 4) is 6.07 Å². The second-order valence-corrected chi connectivity index (χ2v) is 6.78. The number of aromatic nitrogens is 1. The highest BCUT2D eigenvalue weighted by molar-refractivity contribution is 7.89. The van der Waals surface area contributed by atoms with E-state index < -0.39 is 21.4 Å². The van der Waals surface area contributed by atoms with Crippen molar-refractivity contribution >= 4 is 16.0 Å². The molecule has 0 radical (unpaired) electrons. The molecule has 1 atom stereocenters. The van der Waals surface area contributed by atoms with Crippen LogP contribution in [0.3, 0.4) is 0 Å². The number of hydrogen-bond acceptors (Lipinski definition) is 6. The van der Waals surface area contributed by atoms with Gasteiger partial charge >= 0.3 is 5.97 Å². The summed E-state index contributed by atoms with van der Waals surface area (Å²) in [5.41, 5.74) is -1.43. The van der Waals surface area contributed by atoms with E-state index in [1.54, 1.807) is 6.92 Å². The van der Waals surface area contributed by atoms with Crippen molar-refractivity contribution in [1.82, 2.24) is 9.29 Å². The van der Waals surface area contributed by atoms with E-state index in [0.717, 1.165) is 10.5 Å². The Morgan fingerprint density at radius 3 is 2.48 bits per heavy atom. The van der Waals surface area contributed by atoms with E-state index in [2.05, 4.69) is 4.98 Å². The number of hydrogen-bond donors (Lipinski definition) is 0. The lowest BCUT2D eigenvalue weighted by molar-refractivity contribution is -0.147. The van der Waals surface area contributed by atoms with Gasteiger partial charge in [-0.2, -0.15) is 5.26 Å². The van der Waals surface area contributed by atoms with Crippen LogP contribution in [-0.4, -0.2) is 44.4 Å². The summed E-state index contributed by atoms with van der Waals surface area (Å²) in [6.07, 6.45) is 1.12. The minimum Gasteiger partial charge on any atom is -0.465 e. The predicted molar refractivity (Wildman–Crippen MR) is 74.7 cm³/mol. The first-order chi connectivity index (χ1) is 9.70. The van der Waals surface area contributed by atoms with Gasteiger partial charge in [0.2, 0.25) is 10.0 Å². The topological polar surface area (TPSA) is 100 Å². The Labute approximate surface area is 124 Å². The summed E-state index contributed by atoms with van der Waals surface area (Å²) in [6.45, 7) is 3.16. The number of nitriles is 1. The van der Waals surface area contributed by atoms with Crippen LogP contribution in [0, 0.1) is 11.3 Å². The van der Waals surface area contributed by atoms with Gasteiger partial charge in [-0.3, -0.25) is 4.98 Å². The summed E-state index contributed by atoms with van der Waals surface area (Å²) in [7, 11) is -0.797. The maximum Gasteiger partial charge on any atom is 0.332 e. The third-order valence-corrected chi connectivity index (χ3v) is 4.73. The molecule has 1 aromatic rings. The van der Waals surface area contributed by atoms with Crippen LogP contribution in [0.2, 0.25) is 0 Å². The summed E-state index contributed by atoms with van der Waals surface area (Å²) in [6, 6.07) is 4.52. The molecule has 1 heterocycles. The largest absolute Gasteiger partial charge is 0.465 e. The normalized spacial score (nSPS) is 14.3. The van der Waals surface area contributed by atoms with Crippen LogP contribution in [-0.2, 0) is 25.0 Å². The SMILES string of the molecule is CCOC(=O)C(C)(C#N)c1ccc(S(=O)(=O)N(C)C)cn1. The summed E-state index contributed by atoms with van der Waals surface area (Å²) < 4.78 is 29.8. The molecule has 1 rings (SSSR count). The zero-order chi connectivity index (χ0) is 16.3. The van der Waals surface area contributed by atoms with Crippen LogP contribution in [0.25, 0.3) is 0 Å². The number of nitrogens with zero attached hydrogens (tertiary/aromatic N) is 3.